The summed E-state index contributed by atoms with van der Waals surface area (Å²) in [5.74, 6) is 0. The van der Waals surface area contributed by atoms with E-state index >= 15 is 0 Å². The van der Waals surface area contributed by atoms with Gasteiger partial charge in [-0.05, 0) is 43.9 Å². The average Bonchev–Trinajstić information content (AvgIpc) is 2.96. The molecule has 2 N–H and O–H groups in total. The second-order valence-corrected chi connectivity index (χ2v) is 5.31. The number of urea groups is 1. The van der Waals surface area contributed by atoms with Gasteiger partial charge in [0.1, 0.15) is 0 Å². The van der Waals surface area contributed by atoms with Crippen molar-refractivity contribution < 1.29 is 14.3 Å². The van der Waals surface area contributed by atoms with Gasteiger partial charge in [-0.1, -0.05) is 12.1 Å². The van der Waals surface area contributed by atoms with Crippen LogP contribution < -0.4 is 10.6 Å². The Morgan fingerprint density at radius 1 is 1.48 bits per heavy atom. The lowest BCUT2D eigenvalue weighted by molar-refractivity contribution is 0.0168. The topological polar surface area (TPSA) is 59.6 Å². The molecule has 0 aliphatic carbocycles. The van der Waals surface area contributed by atoms with E-state index < -0.39 is 0 Å². The summed E-state index contributed by atoms with van der Waals surface area (Å²) in [6.07, 6.45) is 3.29. The van der Waals surface area contributed by atoms with E-state index in [1.165, 1.54) is 0 Å². The number of rotatable bonds is 7. The van der Waals surface area contributed by atoms with Crippen molar-refractivity contribution in [2.75, 3.05) is 31.7 Å². The number of anilines is 1. The maximum Gasteiger partial charge on any atom is 0.319 e. The van der Waals surface area contributed by atoms with E-state index in [1.807, 2.05) is 31.2 Å². The molecule has 0 aromatic heterocycles. The molecule has 2 amide bonds. The molecule has 5 heteroatoms. The number of nitrogens with one attached hydrogen (secondary N) is 2. The minimum atomic E-state index is -0.181. The fraction of sp³-hybridized carbons (Fsp3) is 0.562. The van der Waals surface area contributed by atoms with Gasteiger partial charge in [-0.3, -0.25) is 0 Å². The number of benzene rings is 1. The Bertz CT molecular complexity index is 445. The predicted octanol–water partition coefficient (Wildman–Crippen LogP) is 2.70. The SMILES string of the molecule is Cc1cccc(NC(=O)NCCCOCC2CCCO2)c1. The first-order chi connectivity index (χ1) is 10.2. The second-order valence-electron chi connectivity index (χ2n) is 5.31. The number of carbonyl (C=O) groups excluding carboxylic acids is 1. The summed E-state index contributed by atoms with van der Waals surface area (Å²) >= 11 is 0. The standard InChI is InChI=1S/C16H24N2O3/c1-13-5-2-6-14(11-13)18-16(19)17-8-4-9-20-12-15-7-3-10-21-15/h2,5-6,11,15H,3-4,7-10,12H2,1H3,(H2,17,18,19). The third-order valence-corrected chi connectivity index (χ3v) is 3.35. The Balaban J connectivity index is 1.51. The fourth-order valence-corrected chi connectivity index (χ4v) is 2.26. The molecule has 1 fully saturated rings. The normalized spacial score (nSPS) is 17.7. The molecular weight excluding hydrogens is 268 g/mol. The number of carbonyl (C=O) groups is 1. The van der Waals surface area contributed by atoms with Crippen molar-refractivity contribution in [1.29, 1.82) is 0 Å². The molecule has 2 rings (SSSR count). The zero-order valence-electron chi connectivity index (χ0n) is 12.6. The molecule has 21 heavy (non-hydrogen) atoms. The van der Waals surface area contributed by atoms with Crippen LogP contribution in [-0.4, -0.2) is 38.5 Å². The van der Waals surface area contributed by atoms with E-state index in [0.29, 0.717) is 19.8 Å². The molecule has 1 saturated heterocycles. The van der Waals surface area contributed by atoms with E-state index in [9.17, 15) is 4.79 Å². The Morgan fingerprint density at radius 3 is 3.14 bits per heavy atom. The molecule has 0 saturated carbocycles. The van der Waals surface area contributed by atoms with Gasteiger partial charge >= 0.3 is 6.03 Å². The van der Waals surface area contributed by atoms with Crippen molar-refractivity contribution in [1.82, 2.24) is 5.32 Å². The summed E-state index contributed by atoms with van der Waals surface area (Å²) in [4.78, 5) is 11.7. The summed E-state index contributed by atoms with van der Waals surface area (Å²) in [6.45, 7) is 4.76. The summed E-state index contributed by atoms with van der Waals surface area (Å²) < 4.78 is 11.0. The van der Waals surface area contributed by atoms with Crippen molar-refractivity contribution in [3.05, 3.63) is 29.8 Å². The quantitative estimate of drug-likeness (QED) is 0.760. The van der Waals surface area contributed by atoms with Crippen LogP contribution in [0.25, 0.3) is 0 Å². The average molecular weight is 292 g/mol. The predicted molar refractivity (Wildman–Crippen MR) is 82.6 cm³/mol. The first-order valence-corrected chi connectivity index (χ1v) is 7.55. The van der Waals surface area contributed by atoms with Crippen molar-refractivity contribution in [2.45, 2.75) is 32.3 Å². The van der Waals surface area contributed by atoms with E-state index in [2.05, 4.69) is 10.6 Å². The van der Waals surface area contributed by atoms with Crippen molar-refractivity contribution in [3.63, 3.8) is 0 Å². The minimum Gasteiger partial charge on any atom is -0.379 e. The largest absolute Gasteiger partial charge is 0.379 e. The van der Waals surface area contributed by atoms with Crippen LogP contribution in [0, 0.1) is 6.92 Å². The van der Waals surface area contributed by atoms with Crippen LogP contribution in [0.5, 0.6) is 0 Å². The molecule has 1 aliphatic heterocycles. The Morgan fingerprint density at radius 2 is 2.38 bits per heavy atom. The van der Waals surface area contributed by atoms with Gasteiger partial charge in [-0.15, -0.1) is 0 Å². The molecule has 116 valence electrons. The molecule has 1 unspecified atom stereocenters. The van der Waals surface area contributed by atoms with Gasteiger partial charge < -0.3 is 20.1 Å². The molecule has 5 nitrogen and oxygen atoms in total. The monoisotopic (exact) mass is 292 g/mol. The van der Waals surface area contributed by atoms with Crippen LogP contribution >= 0.6 is 0 Å². The van der Waals surface area contributed by atoms with Gasteiger partial charge in [-0.2, -0.15) is 0 Å². The molecule has 1 aliphatic rings. The van der Waals surface area contributed by atoms with Crippen LogP contribution in [0.1, 0.15) is 24.8 Å². The lowest BCUT2D eigenvalue weighted by atomic mass is 10.2. The summed E-state index contributed by atoms with van der Waals surface area (Å²) in [6, 6.07) is 7.54. The van der Waals surface area contributed by atoms with E-state index in [4.69, 9.17) is 9.47 Å². The van der Waals surface area contributed by atoms with Crippen LogP contribution in [0.3, 0.4) is 0 Å². The van der Waals surface area contributed by atoms with Crippen molar-refractivity contribution >= 4 is 11.7 Å². The summed E-state index contributed by atoms with van der Waals surface area (Å²) in [7, 11) is 0. The molecule has 0 spiro atoms. The van der Waals surface area contributed by atoms with Crippen molar-refractivity contribution in [2.24, 2.45) is 0 Å². The van der Waals surface area contributed by atoms with Crippen LogP contribution in [-0.2, 0) is 9.47 Å². The smallest absolute Gasteiger partial charge is 0.319 e. The fourth-order valence-electron chi connectivity index (χ4n) is 2.26. The first-order valence-electron chi connectivity index (χ1n) is 7.55. The van der Waals surface area contributed by atoms with Gasteiger partial charge in [0.25, 0.3) is 0 Å². The third kappa shape index (κ3) is 6.14. The van der Waals surface area contributed by atoms with Crippen LogP contribution in [0.4, 0.5) is 10.5 Å². The second kappa shape index (κ2) is 8.64. The molecule has 1 heterocycles. The van der Waals surface area contributed by atoms with E-state index in [0.717, 1.165) is 37.1 Å². The molecule has 0 radical (unpaired) electrons. The summed E-state index contributed by atoms with van der Waals surface area (Å²) in [5.41, 5.74) is 1.93. The highest BCUT2D eigenvalue weighted by atomic mass is 16.5. The lowest BCUT2D eigenvalue weighted by Crippen LogP contribution is -2.30. The Labute approximate surface area is 126 Å². The highest BCUT2D eigenvalue weighted by molar-refractivity contribution is 5.89. The molecule has 0 bridgehead atoms. The van der Waals surface area contributed by atoms with Crippen molar-refractivity contribution in [3.8, 4) is 0 Å². The van der Waals surface area contributed by atoms with Gasteiger partial charge in [-0.25, -0.2) is 4.79 Å². The maximum absolute atomic E-state index is 11.7. The Hall–Kier alpha value is -1.59. The zero-order valence-corrected chi connectivity index (χ0v) is 12.6. The number of hydrogen-bond acceptors (Lipinski definition) is 3. The first kappa shape index (κ1) is 15.8. The Kier molecular flexibility index (Phi) is 6.50. The van der Waals surface area contributed by atoms with Gasteiger partial charge in [0.05, 0.1) is 12.7 Å². The van der Waals surface area contributed by atoms with Gasteiger partial charge in [0.15, 0.2) is 0 Å². The molecular formula is C16H24N2O3. The number of hydrogen-bond donors (Lipinski definition) is 2. The van der Waals surface area contributed by atoms with Crippen LogP contribution in [0.15, 0.2) is 24.3 Å². The highest BCUT2D eigenvalue weighted by Crippen LogP contribution is 2.12. The van der Waals surface area contributed by atoms with E-state index in [1.54, 1.807) is 0 Å². The molecule has 1 aromatic rings. The molecule has 1 aromatic carbocycles. The maximum atomic E-state index is 11.7. The summed E-state index contributed by atoms with van der Waals surface area (Å²) in [5, 5.41) is 5.63. The third-order valence-electron chi connectivity index (χ3n) is 3.35. The number of amides is 2. The van der Waals surface area contributed by atoms with E-state index in [-0.39, 0.29) is 12.1 Å². The molecule has 1 atom stereocenters. The van der Waals surface area contributed by atoms with Gasteiger partial charge in [0.2, 0.25) is 0 Å². The minimum absolute atomic E-state index is 0.181. The lowest BCUT2D eigenvalue weighted by Gasteiger charge is -2.11. The van der Waals surface area contributed by atoms with Crippen LogP contribution in [0.2, 0.25) is 0 Å². The highest BCUT2D eigenvalue weighted by Gasteiger charge is 2.14. The van der Waals surface area contributed by atoms with Gasteiger partial charge in [0, 0.05) is 25.4 Å². The zero-order chi connectivity index (χ0) is 14.9. The number of aryl methyl sites for hydroxylation is 1. The number of ether oxygens (including phenoxy) is 2.